The lowest BCUT2D eigenvalue weighted by Crippen LogP contribution is -2.20. The molecule has 3 rings (SSSR count). The van der Waals surface area contributed by atoms with Crippen LogP contribution in [-0.2, 0) is 11.3 Å². The first-order valence-electron chi connectivity index (χ1n) is 7.66. The summed E-state index contributed by atoms with van der Waals surface area (Å²) in [6.45, 7) is 4.12. The van der Waals surface area contributed by atoms with Gasteiger partial charge >= 0.3 is 0 Å². The van der Waals surface area contributed by atoms with Crippen molar-refractivity contribution >= 4 is 32.4 Å². The van der Waals surface area contributed by atoms with E-state index >= 15 is 0 Å². The summed E-state index contributed by atoms with van der Waals surface area (Å²) < 4.78 is 12.7. The number of para-hydroxylation sites is 1. The molecular weight excluding hydrogens is 378 g/mol. The Labute approximate surface area is 148 Å². The Kier molecular flexibility index (Phi) is 5.50. The Bertz CT molecular complexity index is 659. The molecule has 1 aromatic heterocycles. The maximum Gasteiger partial charge on any atom is 0.208 e. The highest BCUT2D eigenvalue weighted by atomic mass is 79.9. The van der Waals surface area contributed by atoms with Gasteiger partial charge in [0.2, 0.25) is 5.13 Å². The molecule has 1 atom stereocenters. The molecule has 0 amide bonds. The third-order valence-electron chi connectivity index (χ3n) is 3.74. The molecule has 0 bridgehead atoms. The second-order valence-corrected chi connectivity index (χ2v) is 7.65. The van der Waals surface area contributed by atoms with Crippen molar-refractivity contribution < 1.29 is 9.47 Å². The van der Waals surface area contributed by atoms with Gasteiger partial charge in [-0.05, 0) is 41.8 Å². The minimum Gasteiger partial charge on any atom is -0.489 e. The van der Waals surface area contributed by atoms with E-state index < -0.39 is 0 Å². The Morgan fingerprint density at radius 1 is 1.43 bits per heavy atom. The van der Waals surface area contributed by atoms with Crippen LogP contribution in [0.1, 0.15) is 23.4 Å². The minimum absolute atomic E-state index is 0.207. The van der Waals surface area contributed by atoms with E-state index in [9.17, 15) is 0 Å². The standard InChI is InChI=1S/C16H20BrN3O2S/c1-11-18-19-16(23-11)20(2)9-12-5-3-7-14(17)15(12)22-10-13-6-4-8-21-13/h3,5,7,13H,4,6,8-10H2,1-2H3. The van der Waals surface area contributed by atoms with Gasteiger partial charge in [-0.15, -0.1) is 10.2 Å². The van der Waals surface area contributed by atoms with Gasteiger partial charge < -0.3 is 14.4 Å². The Hall–Kier alpha value is -1.18. The lowest BCUT2D eigenvalue weighted by molar-refractivity contribution is 0.0673. The number of hydrogen-bond donors (Lipinski definition) is 0. The first-order valence-corrected chi connectivity index (χ1v) is 9.27. The van der Waals surface area contributed by atoms with E-state index in [1.807, 2.05) is 26.1 Å². The Morgan fingerprint density at radius 3 is 3.00 bits per heavy atom. The van der Waals surface area contributed by atoms with Gasteiger partial charge in [0, 0.05) is 25.8 Å². The molecule has 124 valence electrons. The average molecular weight is 398 g/mol. The maximum absolute atomic E-state index is 6.06. The lowest BCUT2D eigenvalue weighted by atomic mass is 10.2. The van der Waals surface area contributed by atoms with Gasteiger partial charge in [0.1, 0.15) is 17.4 Å². The normalized spacial score (nSPS) is 17.4. The zero-order chi connectivity index (χ0) is 16.2. The van der Waals surface area contributed by atoms with Crippen LogP contribution < -0.4 is 9.64 Å². The smallest absolute Gasteiger partial charge is 0.208 e. The molecule has 1 aliphatic rings. The molecule has 0 spiro atoms. The highest BCUT2D eigenvalue weighted by molar-refractivity contribution is 9.10. The van der Waals surface area contributed by atoms with Crippen molar-refractivity contribution in [2.75, 3.05) is 25.2 Å². The fraction of sp³-hybridized carbons (Fsp3) is 0.500. The fourth-order valence-electron chi connectivity index (χ4n) is 2.56. The van der Waals surface area contributed by atoms with Crippen LogP contribution in [-0.4, -0.2) is 36.6 Å². The van der Waals surface area contributed by atoms with Crippen molar-refractivity contribution in [1.82, 2.24) is 10.2 Å². The topological polar surface area (TPSA) is 47.5 Å². The second kappa shape index (κ2) is 7.59. The van der Waals surface area contributed by atoms with E-state index in [2.05, 4.69) is 37.1 Å². The maximum atomic E-state index is 6.06. The lowest BCUT2D eigenvalue weighted by Gasteiger charge is -2.20. The van der Waals surface area contributed by atoms with Crippen molar-refractivity contribution in [3.05, 3.63) is 33.2 Å². The number of anilines is 1. The molecule has 0 aliphatic carbocycles. The fourth-order valence-corrected chi connectivity index (χ4v) is 3.72. The molecule has 0 N–H and O–H groups in total. The van der Waals surface area contributed by atoms with E-state index in [-0.39, 0.29) is 6.10 Å². The van der Waals surface area contributed by atoms with Crippen molar-refractivity contribution in [1.29, 1.82) is 0 Å². The number of rotatable bonds is 6. The van der Waals surface area contributed by atoms with E-state index in [0.717, 1.165) is 51.9 Å². The monoisotopic (exact) mass is 397 g/mol. The molecule has 1 fully saturated rings. The quantitative estimate of drug-likeness (QED) is 0.741. The number of halogens is 1. The van der Waals surface area contributed by atoms with Crippen LogP contribution in [0.2, 0.25) is 0 Å². The van der Waals surface area contributed by atoms with E-state index in [1.54, 1.807) is 11.3 Å². The Morgan fingerprint density at radius 2 is 2.30 bits per heavy atom. The first kappa shape index (κ1) is 16.7. The third-order valence-corrected chi connectivity index (χ3v) is 5.31. The Balaban J connectivity index is 1.71. The van der Waals surface area contributed by atoms with Crippen LogP contribution in [0, 0.1) is 6.92 Å². The van der Waals surface area contributed by atoms with Gasteiger partial charge in [-0.3, -0.25) is 0 Å². The summed E-state index contributed by atoms with van der Waals surface area (Å²) in [4.78, 5) is 2.09. The van der Waals surface area contributed by atoms with Crippen molar-refractivity contribution in [3.63, 3.8) is 0 Å². The summed E-state index contributed by atoms with van der Waals surface area (Å²) in [5.41, 5.74) is 1.12. The van der Waals surface area contributed by atoms with Gasteiger partial charge in [0.15, 0.2) is 0 Å². The summed E-state index contributed by atoms with van der Waals surface area (Å²) in [6, 6.07) is 6.11. The molecule has 0 saturated carbocycles. The minimum atomic E-state index is 0.207. The predicted octanol–water partition coefficient (Wildman–Crippen LogP) is 3.80. The second-order valence-electron chi connectivity index (χ2n) is 5.63. The molecule has 2 heterocycles. The highest BCUT2D eigenvalue weighted by Crippen LogP contribution is 2.32. The number of nitrogens with zero attached hydrogens (tertiary/aromatic N) is 3. The average Bonchev–Trinajstić information content (AvgIpc) is 3.18. The summed E-state index contributed by atoms with van der Waals surface area (Å²) in [5, 5.41) is 10.2. The van der Waals surface area contributed by atoms with Gasteiger partial charge in [-0.1, -0.05) is 23.5 Å². The summed E-state index contributed by atoms with van der Waals surface area (Å²) >= 11 is 5.19. The molecule has 1 aromatic carbocycles. The molecule has 0 radical (unpaired) electrons. The van der Waals surface area contributed by atoms with Crippen LogP contribution in [0.15, 0.2) is 22.7 Å². The van der Waals surface area contributed by atoms with E-state index in [1.165, 1.54) is 0 Å². The predicted molar refractivity (Wildman–Crippen MR) is 95.4 cm³/mol. The van der Waals surface area contributed by atoms with E-state index in [4.69, 9.17) is 9.47 Å². The zero-order valence-corrected chi connectivity index (χ0v) is 15.7. The van der Waals surface area contributed by atoms with Crippen LogP contribution in [0.3, 0.4) is 0 Å². The zero-order valence-electron chi connectivity index (χ0n) is 13.3. The molecule has 23 heavy (non-hydrogen) atoms. The molecule has 1 aliphatic heterocycles. The molecule has 1 unspecified atom stereocenters. The highest BCUT2D eigenvalue weighted by Gasteiger charge is 2.18. The van der Waals surface area contributed by atoms with Crippen LogP contribution >= 0.6 is 27.3 Å². The summed E-state index contributed by atoms with van der Waals surface area (Å²) in [6.07, 6.45) is 2.40. The SMILES string of the molecule is Cc1nnc(N(C)Cc2cccc(Br)c2OCC2CCCO2)s1. The number of hydrogen-bond acceptors (Lipinski definition) is 6. The number of benzene rings is 1. The molecule has 7 heteroatoms. The number of aryl methyl sites for hydroxylation is 1. The number of aromatic nitrogens is 2. The summed E-state index contributed by atoms with van der Waals surface area (Å²) in [7, 11) is 2.02. The first-order chi connectivity index (χ1) is 11.1. The molecule has 5 nitrogen and oxygen atoms in total. The van der Waals surface area contributed by atoms with Gasteiger partial charge in [0.25, 0.3) is 0 Å². The van der Waals surface area contributed by atoms with E-state index in [0.29, 0.717) is 6.61 Å². The van der Waals surface area contributed by atoms with Crippen molar-refractivity contribution in [3.8, 4) is 5.75 Å². The van der Waals surface area contributed by atoms with Crippen LogP contribution in [0.5, 0.6) is 5.75 Å². The van der Waals surface area contributed by atoms with Gasteiger partial charge in [-0.2, -0.15) is 0 Å². The largest absolute Gasteiger partial charge is 0.489 e. The molecule has 2 aromatic rings. The van der Waals surface area contributed by atoms with Crippen LogP contribution in [0.25, 0.3) is 0 Å². The molecule has 1 saturated heterocycles. The van der Waals surface area contributed by atoms with Crippen LogP contribution in [0.4, 0.5) is 5.13 Å². The summed E-state index contributed by atoms with van der Waals surface area (Å²) in [5.74, 6) is 0.885. The van der Waals surface area contributed by atoms with Crippen molar-refractivity contribution in [2.24, 2.45) is 0 Å². The van der Waals surface area contributed by atoms with Gasteiger partial charge in [0.05, 0.1) is 10.6 Å². The third kappa shape index (κ3) is 4.22. The van der Waals surface area contributed by atoms with Crippen molar-refractivity contribution in [2.45, 2.75) is 32.4 Å². The van der Waals surface area contributed by atoms with Gasteiger partial charge in [-0.25, -0.2) is 0 Å². The molecular formula is C16H20BrN3O2S. The number of ether oxygens (including phenoxy) is 2.